The van der Waals surface area contributed by atoms with Crippen molar-refractivity contribution in [2.45, 2.75) is 66.3 Å². The lowest BCUT2D eigenvalue weighted by atomic mass is 10.2. The van der Waals surface area contributed by atoms with Crippen molar-refractivity contribution >= 4 is 0 Å². The summed E-state index contributed by atoms with van der Waals surface area (Å²) in [5, 5.41) is 0. The van der Waals surface area contributed by atoms with Gasteiger partial charge in [0.25, 0.3) is 0 Å². The van der Waals surface area contributed by atoms with Gasteiger partial charge in [-0.15, -0.1) is 0 Å². The molecule has 0 amide bonds. The molecule has 0 aromatic carbocycles. The van der Waals surface area contributed by atoms with Crippen molar-refractivity contribution < 1.29 is 10.6 Å². The van der Waals surface area contributed by atoms with Crippen molar-refractivity contribution in [1.82, 2.24) is 0 Å². The molecule has 0 aliphatic heterocycles. The maximum absolute atomic E-state index is 3.91. The van der Waals surface area contributed by atoms with Crippen LogP contribution in [0.2, 0.25) is 0 Å². The first kappa shape index (κ1) is 17.3. The molecule has 0 aliphatic rings. The minimum atomic E-state index is 0.808. The highest BCUT2D eigenvalue weighted by Gasteiger charge is 2.14. The van der Waals surface area contributed by atoms with Crippen molar-refractivity contribution in [2.24, 2.45) is 0 Å². The molecule has 2 heteroatoms. The largest absolute Gasteiger partial charge is 0.357 e. The Balaban J connectivity index is 0. The Labute approximate surface area is 97.2 Å². The monoisotopic (exact) mass is 218 g/mol. The van der Waals surface area contributed by atoms with Gasteiger partial charge >= 0.3 is 0 Å². The van der Waals surface area contributed by atoms with E-state index in [9.17, 15) is 0 Å². The highest BCUT2D eigenvalue weighted by Crippen LogP contribution is 1.82. The number of hydrogen-bond acceptors (Lipinski definition) is 0. The maximum Gasteiger partial charge on any atom is 0.0900 e. The van der Waals surface area contributed by atoms with Crippen LogP contribution in [0.4, 0.5) is 0 Å². The van der Waals surface area contributed by atoms with E-state index < -0.39 is 0 Å². The van der Waals surface area contributed by atoms with Gasteiger partial charge in [-0.25, -0.2) is 0 Å². The summed E-state index contributed by atoms with van der Waals surface area (Å²) in [5.41, 5.74) is 3.91. The van der Waals surface area contributed by atoms with Gasteiger partial charge in [-0.1, -0.05) is 34.1 Å². The molecule has 0 fully saturated rings. The molecule has 94 valence electrons. The Morgan fingerprint density at radius 2 is 1.40 bits per heavy atom. The summed E-state index contributed by atoms with van der Waals surface area (Å²) in [7, 11) is 0. The number of rotatable bonds is 7. The van der Waals surface area contributed by atoms with Gasteiger partial charge in [0.1, 0.15) is 0 Å². The standard InChI is InChI=1S/C10H24N2.C3H8/c1-4-8-12(9-5-2)10(3)6-7-11;1-3-2/h10H,4-9,11H2,1-3H3;3H2,1-2H3/p+2. The zero-order chi connectivity index (χ0) is 12.1. The molecule has 0 radical (unpaired) electrons. The van der Waals surface area contributed by atoms with E-state index in [1.165, 1.54) is 38.8 Å². The summed E-state index contributed by atoms with van der Waals surface area (Å²) >= 11 is 0. The van der Waals surface area contributed by atoms with Crippen LogP contribution in [0.25, 0.3) is 0 Å². The van der Waals surface area contributed by atoms with Gasteiger partial charge in [0.15, 0.2) is 0 Å². The molecule has 0 aromatic rings. The van der Waals surface area contributed by atoms with E-state index in [0.717, 1.165) is 12.6 Å². The maximum atomic E-state index is 3.91. The van der Waals surface area contributed by atoms with Gasteiger partial charge in [-0.3, -0.25) is 0 Å². The fraction of sp³-hybridized carbons (Fsp3) is 1.00. The number of quaternary nitrogens is 2. The smallest absolute Gasteiger partial charge is 0.0900 e. The Morgan fingerprint density at radius 3 is 1.67 bits per heavy atom. The Bertz CT molecular complexity index is 98.7. The van der Waals surface area contributed by atoms with E-state index in [-0.39, 0.29) is 0 Å². The second kappa shape index (κ2) is 13.9. The molecule has 0 spiro atoms. The van der Waals surface area contributed by atoms with E-state index in [2.05, 4.69) is 40.4 Å². The van der Waals surface area contributed by atoms with Crippen LogP contribution in [-0.4, -0.2) is 25.7 Å². The van der Waals surface area contributed by atoms with Crippen LogP contribution in [-0.2, 0) is 0 Å². The average molecular weight is 218 g/mol. The summed E-state index contributed by atoms with van der Waals surface area (Å²) in [4.78, 5) is 1.77. The fourth-order valence-corrected chi connectivity index (χ4v) is 1.77. The van der Waals surface area contributed by atoms with E-state index in [1.807, 2.05) is 0 Å². The van der Waals surface area contributed by atoms with Gasteiger partial charge in [0.05, 0.1) is 25.7 Å². The van der Waals surface area contributed by atoms with E-state index in [0.29, 0.717) is 0 Å². The Morgan fingerprint density at radius 1 is 1.00 bits per heavy atom. The third-order valence-electron chi connectivity index (χ3n) is 2.48. The third kappa shape index (κ3) is 11.8. The van der Waals surface area contributed by atoms with Crippen LogP contribution in [0.15, 0.2) is 0 Å². The van der Waals surface area contributed by atoms with Crippen LogP contribution in [0.3, 0.4) is 0 Å². The molecule has 0 rings (SSSR count). The lowest BCUT2D eigenvalue weighted by Gasteiger charge is -2.24. The van der Waals surface area contributed by atoms with Crippen LogP contribution in [0, 0.1) is 0 Å². The van der Waals surface area contributed by atoms with Gasteiger partial charge in [-0.05, 0) is 19.8 Å². The zero-order valence-electron chi connectivity index (χ0n) is 11.7. The number of hydrogen-bond donors (Lipinski definition) is 2. The molecule has 15 heavy (non-hydrogen) atoms. The lowest BCUT2D eigenvalue weighted by molar-refractivity contribution is -0.924. The highest BCUT2D eigenvalue weighted by atomic mass is 15.1. The summed E-state index contributed by atoms with van der Waals surface area (Å²) in [5.74, 6) is 0. The van der Waals surface area contributed by atoms with Gasteiger partial charge < -0.3 is 10.6 Å². The molecule has 0 heterocycles. The molecular formula is C13H34N2+2. The van der Waals surface area contributed by atoms with Crippen LogP contribution in [0.1, 0.15) is 60.3 Å². The molecule has 1 atom stereocenters. The van der Waals surface area contributed by atoms with E-state index in [1.54, 1.807) is 4.90 Å². The Hall–Kier alpha value is -0.0800. The third-order valence-corrected chi connectivity index (χ3v) is 2.48. The topological polar surface area (TPSA) is 32.1 Å². The summed E-state index contributed by atoms with van der Waals surface area (Å²) in [6.45, 7) is 14.9. The highest BCUT2D eigenvalue weighted by molar-refractivity contribution is 4.45. The molecule has 0 bridgehead atoms. The molecule has 0 aliphatic carbocycles. The molecule has 1 unspecified atom stereocenters. The summed E-state index contributed by atoms with van der Waals surface area (Å²) in [6.07, 6.45) is 5.13. The summed E-state index contributed by atoms with van der Waals surface area (Å²) < 4.78 is 0. The van der Waals surface area contributed by atoms with Crippen molar-refractivity contribution in [2.75, 3.05) is 19.6 Å². The van der Waals surface area contributed by atoms with Crippen LogP contribution < -0.4 is 10.6 Å². The molecule has 0 aromatic heterocycles. The molecule has 0 saturated carbocycles. The van der Waals surface area contributed by atoms with Gasteiger partial charge in [-0.2, -0.15) is 0 Å². The zero-order valence-corrected chi connectivity index (χ0v) is 11.7. The second-order valence-electron chi connectivity index (χ2n) is 4.41. The first-order chi connectivity index (χ1) is 7.17. The van der Waals surface area contributed by atoms with E-state index >= 15 is 0 Å². The second-order valence-corrected chi connectivity index (χ2v) is 4.41. The van der Waals surface area contributed by atoms with Crippen molar-refractivity contribution in [3.63, 3.8) is 0 Å². The molecule has 0 saturated heterocycles. The number of nitrogens with one attached hydrogen (secondary N) is 1. The lowest BCUT2D eigenvalue weighted by Crippen LogP contribution is -3.15. The quantitative estimate of drug-likeness (QED) is 0.642. The SMILES string of the molecule is CCC.CCC[NH+](CCC)C(C)CC[NH3+]. The van der Waals surface area contributed by atoms with Gasteiger partial charge in [0, 0.05) is 6.42 Å². The van der Waals surface area contributed by atoms with Crippen LogP contribution in [0.5, 0.6) is 0 Å². The average Bonchev–Trinajstić information content (AvgIpc) is 2.19. The van der Waals surface area contributed by atoms with Crippen molar-refractivity contribution in [3.8, 4) is 0 Å². The predicted molar refractivity (Wildman–Crippen MR) is 69.1 cm³/mol. The fourth-order valence-electron chi connectivity index (χ4n) is 1.77. The minimum Gasteiger partial charge on any atom is -0.357 e. The van der Waals surface area contributed by atoms with Crippen LogP contribution >= 0.6 is 0 Å². The summed E-state index contributed by atoms with van der Waals surface area (Å²) in [6, 6.07) is 0.808. The Kier molecular flexibility index (Phi) is 16.1. The normalized spacial score (nSPS) is 12.2. The van der Waals surface area contributed by atoms with Crippen molar-refractivity contribution in [3.05, 3.63) is 0 Å². The first-order valence-electron chi connectivity index (χ1n) is 6.81. The van der Waals surface area contributed by atoms with Crippen molar-refractivity contribution in [1.29, 1.82) is 0 Å². The first-order valence-corrected chi connectivity index (χ1v) is 6.81. The molecule has 4 N–H and O–H groups in total. The molecule has 2 nitrogen and oxygen atoms in total. The van der Waals surface area contributed by atoms with E-state index in [4.69, 9.17) is 0 Å². The van der Waals surface area contributed by atoms with Gasteiger partial charge in [0.2, 0.25) is 0 Å². The minimum absolute atomic E-state index is 0.808. The predicted octanol–water partition coefficient (Wildman–Crippen LogP) is 1.13. The molecular weight excluding hydrogens is 184 g/mol.